The van der Waals surface area contributed by atoms with E-state index in [1.54, 1.807) is 30.0 Å². The molecule has 0 aliphatic carbocycles. The maximum atomic E-state index is 11.1. The molecule has 0 aliphatic heterocycles. The number of carbonyl (C=O) groups excluding carboxylic acids is 1. The second-order valence-electron chi connectivity index (χ2n) is 3.77. The topological polar surface area (TPSA) is 83.6 Å². The molecule has 92 valence electrons. The molecule has 0 bridgehead atoms. The van der Waals surface area contributed by atoms with Crippen molar-refractivity contribution in [1.82, 2.24) is 0 Å². The van der Waals surface area contributed by atoms with Gasteiger partial charge in [0.05, 0.1) is 0 Å². The zero-order valence-corrected chi connectivity index (χ0v) is 9.93. The van der Waals surface area contributed by atoms with Crippen LogP contribution in [0.2, 0.25) is 0 Å². The van der Waals surface area contributed by atoms with E-state index in [1.807, 2.05) is 6.92 Å². The number of carboxylic acids is 1. The van der Waals surface area contributed by atoms with Gasteiger partial charge in [0.25, 0.3) is 0 Å². The Morgan fingerprint density at radius 2 is 2.06 bits per heavy atom. The number of aliphatic carboxylic acids is 1. The van der Waals surface area contributed by atoms with E-state index in [4.69, 9.17) is 10.8 Å². The van der Waals surface area contributed by atoms with Gasteiger partial charge < -0.3 is 15.7 Å². The number of nitrogens with zero attached hydrogens (tertiary/aromatic N) is 1. The molecule has 0 spiro atoms. The maximum absolute atomic E-state index is 11.1. The van der Waals surface area contributed by atoms with Crippen molar-refractivity contribution in [2.45, 2.75) is 13.8 Å². The maximum Gasteiger partial charge on any atom is 0.323 e. The summed E-state index contributed by atoms with van der Waals surface area (Å²) in [6, 6.07) is 5.10. The van der Waals surface area contributed by atoms with Crippen LogP contribution in [0.3, 0.4) is 0 Å². The van der Waals surface area contributed by atoms with Gasteiger partial charge in [-0.05, 0) is 37.6 Å². The van der Waals surface area contributed by atoms with E-state index in [1.165, 1.54) is 0 Å². The van der Waals surface area contributed by atoms with Crippen molar-refractivity contribution in [3.63, 3.8) is 0 Å². The summed E-state index contributed by atoms with van der Waals surface area (Å²) in [5.41, 5.74) is 7.19. The van der Waals surface area contributed by atoms with Crippen molar-refractivity contribution in [1.29, 1.82) is 0 Å². The Hall–Kier alpha value is -2.04. The quantitative estimate of drug-likeness (QED) is 0.799. The van der Waals surface area contributed by atoms with Crippen LogP contribution in [0, 0.1) is 6.92 Å². The van der Waals surface area contributed by atoms with Crippen LogP contribution < -0.4 is 10.6 Å². The van der Waals surface area contributed by atoms with Gasteiger partial charge in [-0.1, -0.05) is 0 Å². The number of nitrogens with two attached hydrogens (primary N) is 1. The highest BCUT2D eigenvalue weighted by atomic mass is 16.4. The molecule has 0 saturated carbocycles. The van der Waals surface area contributed by atoms with Crippen molar-refractivity contribution in [3.8, 4) is 0 Å². The fourth-order valence-corrected chi connectivity index (χ4v) is 1.67. The summed E-state index contributed by atoms with van der Waals surface area (Å²) < 4.78 is 0. The summed E-state index contributed by atoms with van der Waals surface area (Å²) in [6.45, 7) is 4.17. The third-order valence-electron chi connectivity index (χ3n) is 2.55. The number of carbonyl (C=O) groups is 2. The largest absolute Gasteiger partial charge is 0.480 e. The van der Waals surface area contributed by atoms with Crippen LogP contribution in [-0.4, -0.2) is 30.1 Å². The number of likely N-dealkylation sites (N-methyl/N-ethyl adjacent to an activating group) is 1. The molecule has 1 aromatic carbocycles. The Morgan fingerprint density at radius 3 is 2.47 bits per heavy atom. The Kier molecular flexibility index (Phi) is 4.09. The highest BCUT2D eigenvalue weighted by Gasteiger charge is 2.11. The fraction of sp³-hybridized carbons (Fsp3) is 0.333. The summed E-state index contributed by atoms with van der Waals surface area (Å²) in [5.74, 6) is -1.36. The highest BCUT2D eigenvalue weighted by Crippen LogP contribution is 2.18. The standard InChI is InChI=1S/C12H16N2O3/c1-3-14(7-11(15)16)9-4-5-10(12(13)17)8(2)6-9/h4-6H,3,7H2,1-2H3,(H2,13,17)(H,15,16). The van der Waals surface area contributed by atoms with Crippen molar-refractivity contribution < 1.29 is 14.7 Å². The van der Waals surface area contributed by atoms with Crippen molar-refractivity contribution in [3.05, 3.63) is 29.3 Å². The molecule has 17 heavy (non-hydrogen) atoms. The third kappa shape index (κ3) is 3.21. The zero-order chi connectivity index (χ0) is 13.0. The predicted octanol–water partition coefficient (Wildman–Crippen LogP) is 1.00. The van der Waals surface area contributed by atoms with E-state index < -0.39 is 11.9 Å². The van der Waals surface area contributed by atoms with Crippen molar-refractivity contribution in [2.75, 3.05) is 18.0 Å². The summed E-state index contributed by atoms with van der Waals surface area (Å²) >= 11 is 0. The van der Waals surface area contributed by atoms with Gasteiger partial charge in [0.1, 0.15) is 6.54 Å². The average molecular weight is 236 g/mol. The van der Waals surface area contributed by atoms with Gasteiger partial charge in [0.2, 0.25) is 5.91 Å². The molecular weight excluding hydrogens is 220 g/mol. The molecular formula is C12H16N2O3. The second-order valence-corrected chi connectivity index (χ2v) is 3.77. The molecule has 3 N–H and O–H groups in total. The third-order valence-corrected chi connectivity index (χ3v) is 2.55. The van der Waals surface area contributed by atoms with Crippen LogP contribution in [0.4, 0.5) is 5.69 Å². The lowest BCUT2D eigenvalue weighted by atomic mass is 10.1. The van der Waals surface area contributed by atoms with E-state index >= 15 is 0 Å². The number of anilines is 1. The Labute approximate surface area is 99.8 Å². The smallest absolute Gasteiger partial charge is 0.323 e. The van der Waals surface area contributed by atoms with E-state index in [9.17, 15) is 9.59 Å². The van der Waals surface area contributed by atoms with Gasteiger partial charge in [0.15, 0.2) is 0 Å². The first-order valence-corrected chi connectivity index (χ1v) is 5.33. The highest BCUT2D eigenvalue weighted by molar-refractivity contribution is 5.94. The van der Waals surface area contributed by atoms with Crippen LogP contribution >= 0.6 is 0 Å². The first kappa shape index (κ1) is 13.0. The van der Waals surface area contributed by atoms with Crippen LogP contribution in [0.5, 0.6) is 0 Å². The van der Waals surface area contributed by atoms with Crippen LogP contribution in [0.1, 0.15) is 22.8 Å². The van der Waals surface area contributed by atoms with Crippen molar-refractivity contribution in [2.24, 2.45) is 5.73 Å². The van der Waals surface area contributed by atoms with Crippen LogP contribution in [0.25, 0.3) is 0 Å². The van der Waals surface area contributed by atoms with Gasteiger partial charge in [0, 0.05) is 17.8 Å². The average Bonchev–Trinajstić information content (AvgIpc) is 2.24. The monoisotopic (exact) mass is 236 g/mol. The number of hydrogen-bond donors (Lipinski definition) is 2. The number of amides is 1. The lowest BCUT2D eigenvalue weighted by Gasteiger charge is -2.21. The molecule has 1 rings (SSSR count). The molecule has 5 heteroatoms. The minimum absolute atomic E-state index is 0.0636. The van der Waals surface area contributed by atoms with Gasteiger partial charge in [-0.2, -0.15) is 0 Å². The summed E-state index contributed by atoms with van der Waals surface area (Å²) in [4.78, 5) is 23.5. The van der Waals surface area contributed by atoms with Gasteiger partial charge in [-0.25, -0.2) is 0 Å². The SMILES string of the molecule is CCN(CC(=O)O)c1ccc(C(N)=O)c(C)c1. The number of aryl methyl sites for hydroxylation is 1. The minimum atomic E-state index is -0.886. The lowest BCUT2D eigenvalue weighted by Crippen LogP contribution is -2.29. The summed E-state index contributed by atoms with van der Waals surface area (Å²) in [5, 5.41) is 8.77. The summed E-state index contributed by atoms with van der Waals surface area (Å²) in [6.07, 6.45) is 0. The normalized spacial score (nSPS) is 10.0. The number of hydrogen-bond acceptors (Lipinski definition) is 3. The first-order chi connectivity index (χ1) is 7.95. The van der Waals surface area contributed by atoms with Gasteiger partial charge in [-0.15, -0.1) is 0 Å². The summed E-state index contributed by atoms with van der Waals surface area (Å²) in [7, 11) is 0. The van der Waals surface area contributed by atoms with E-state index in [0.29, 0.717) is 12.1 Å². The number of carboxylic acid groups (broad SMARTS) is 1. The van der Waals surface area contributed by atoms with Gasteiger partial charge in [-0.3, -0.25) is 9.59 Å². The molecule has 5 nitrogen and oxygen atoms in total. The van der Waals surface area contributed by atoms with E-state index in [2.05, 4.69) is 0 Å². The number of benzene rings is 1. The molecule has 0 fully saturated rings. The molecule has 1 amide bonds. The Balaban J connectivity index is 3.02. The van der Waals surface area contributed by atoms with Gasteiger partial charge >= 0.3 is 5.97 Å². The van der Waals surface area contributed by atoms with E-state index in [-0.39, 0.29) is 6.54 Å². The first-order valence-electron chi connectivity index (χ1n) is 5.33. The van der Waals surface area contributed by atoms with E-state index in [0.717, 1.165) is 11.3 Å². The minimum Gasteiger partial charge on any atom is -0.480 e. The number of primary amides is 1. The molecule has 0 saturated heterocycles. The predicted molar refractivity (Wildman–Crippen MR) is 65.2 cm³/mol. The van der Waals surface area contributed by atoms with Crippen molar-refractivity contribution >= 4 is 17.6 Å². The Morgan fingerprint density at radius 1 is 1.41 bits per heavy atom. The molecule has 0 aliphatic rings. The van der Waals surface area contributed by atoms with Crippen LogP contribution in [0.15, 0.2) is 18.2 Å². The molecule has 0 radical (unpaired) electrons. The number of rotatable bonds is 5. The fourth-order valence-electron chi connectivity index (χ4n) is 1.67. The van der Waals surface area contributed by atoms with Crippen LogP contribution in [-0.2, 0) is 4.79 Å². The molecule has 1 aromatic rings. The second kappa shape index (κ2) is 5.34. The molecule has 0 aromatic heterocycles. The molecule has 0 atom stereocenters. The Bertz CT molecular complexity index is 443. The lowest BCUT2D eigenvalue weighted by molar-refractivity contribution is -0.135. The molecule has 0 unspecified atom stereocenters. The molecule has 0 heterocycles. The zero-order valence-electron chi connectivity index (χ0n) is 9.93.